The van der Waals surface area contributed by atoms with E-state index in [2.05, 4.69) is 10.4 Å². The number of benzene rings is 2. The molecule has 162 valence electrons. The number of aryl methyl sites for hydroxylation is 1. The summed E-state index contributed by atoms with van der Waals surface area (Å²) < 4.78 is 6.93. The normalized spacial score (nSPS) is 10.9. The van der Waals surface area contributed by atoms with Gasteiger partial charge in [0.1, 0.15) is 5.75 Å². The lowest BCUT2D eigenvalue weighted by Crippen LogP contribution is -2.26. The predicted molar refractivity (Wildman–Crippen MR) is 120 cm³/mol. The number of amides is 1. The van der Waals surface area contributed by atoms with E-state index in [-0.39, 0.29) is 22.5 Å². The molecular formula is C22H23ClN4O4. The molecule has 0 bridgehead atoms. The summed E-state index contributed by atoms with van der Waals surface area (Å²) in [5.74, 6) is 0.715. The summed E-state index contributed by atoms with van der Waals surface area (Å²) >= 11 is 6.35. The van der Waals surface area contributed by atoms with Gasteiger partial charge in [-0.2, -0.15) is 0 Å². The van der Waals surface area contributed by atoms with Crippen molar-refractivity contribution in [1.29, 1.82) is 0 Å². The maximum Gasteiger partial charge on any atom is 0.270 e. The van der Waals surface area contributed by atoms with Gasteiger partial charge in [-0.05, 0) is 38.0 Å². The molecule has 1 heterocycles. The summed E-state index contributed by atoms with van der Waals surface area (Å²) in [6.07, 6.45) is 0. The number of ether oxygens (including phenoxy) is 1. The highest BCUT2D eigenvalue weighted by Crippen LogP contribution is 2.33. The van der Waals surface area contributed by atoms with E-state index >= 15 is 0 Å². The number of carbonyl (C=O) groups excluding carboxylic acids is 1. The molecule has 0 aliphatic carbocycles. The highest BCUT2D eigenvalue weighted by molar-refractivity contribution is 6.33. The number of nitro benzene ring substituents is 1. The second-order valence-electron chi connectivity index (χ2n) is 7.39. The second-order valence-corrected chi connectivity index (χ2v) is 7.80. The van der Waals surface area contributed by atoms with Gasteiger partial charge in [-0.1, -0.05) is 31.5 Å². The van der Waals surface area contributed by atoms with Gasteiger partial charge >= 0.3 is 0 Å². The zero-order valence-electron chi connectivity index (χ0n) is 17.9. The molecule has 1 N–H and O–H groups in total. The molecule has 0 atom stereocenters. The molecule has 0 aliphatic heterocycles. The number of aromatic nitrogens is 2. The molecule has 0 aliphatic rings. The number of carbonyl (C=O) groups is 1. The number of rotatable bonds is 6. The van der Waals surface area contributed by atoms with Crippen LogP contribution in [0.1, 0.15) is 47.1 Å². The van der Waals surface area contributed by atoms with E-state index in [9.17, 15) is 14.9 Å². The summed E-state index contributed by atoms with van der Waals surface area (Å²) in [6.45, 7) is 7.64. The van der Waals surface area contributed by atoms with Gasteiger partial charge in [0.05, 0.1) is 28.4 Å². The van der Waals surface area contributed by atoms with Gasteiger partial charge in [-0.15, -0.1) is 0 Å². The molecule has 0 saturated carbocycles. The molecule has 0 saturated heterocycles. The molecule has 0 unspecified atom stereocenters. The van der Waals surface area contributed by atoms with E-state index in [1.807, 2.05) is 27.7 Å². The quantitative estimate of drug-likeness (QED) is 0.415. The van der Waals surface area contributed by atoms with Gasteiger partial charge in [0, 0.05) is 28.8 Å². The number of nitro groups is 1. The highest BCUT2D eigenvalue weighted by Gasteiger charge is 2.23. The molecule has 31 heavy (non-hydrogen) atoms. The van der Waals surface area contributed by atoms with Crippen molar-refractivity contribution in [3.63, 3.8) is 0 Å². The van der Waals surface area contributed by atoms with Crippen LogP contribution >= 0.6 is 11.6 Å². The average molecular weight is 443 g/mol. The Hall–Kier alpha value is -3.39. The van der Waals surface area contributed by atoms with Crippen LogP contribution < -0.4 is 10.2 Å². The minimum absolute atomic E-state index is 0.0461. The summed E-state index contributed by atoms with van der Waals surface area (Å²) in [6, 6.07) is 9.41. The number of hydrogen-bond donors (Lipinski definition) is 1. The second kappa shape index (κ2) is 8.77. The van der Waals surface area contributed by atoms with Crippen LogP contribution in [0, 0.1) is 24.0 Å². The molecular weight excluding hydrogens is 420 g/mol. The Morgan fingerprint density at radius 1 is 1.26 bits per heavy atom. The molecule has 3 aromatic rings. The van der Waals surface area contributed by atoms with E-state index in [0.29, 0.717) is 28.3 Å². The summed E-state index contributed by atoms with van der Waals surface area (Å²) in [5.41, 5.74) is 5.97. The van der Waals surface area contributed by atoms with Crippen LogP contribution in [0.4, 0.5) is 5.69 Å². The minimum Gasteiger partial charge on any atom is -0.496 e. The van der Waals surface area contributed by atoms with Crippen molar-refractivity contribution >= 4 is 23.2 Å². The van der Waals surface area contributed by atoms with E-state index in [0.717, 1.165) is 11.4 Å². The molecule has 8 nitrogen and oxygen atoms in total. The highest BCUT2D eigenvalue weighted by atomic mass is 35.5. The fourth-order valence-electron chi connectivity index (χ4n) is 3.55. The van der Waals surface area contributed by atoms with Crippen molar-refractivity contribution in [2.75, 3.05) is 12.5 Å². The van der Waals surface area contributed by atoms with Crippen LogP contribution in [0.15, 0.2) is 36.4 Å². The van der Waals surface area contributed by atoms with Crippen molar-refractivity contribution in [2.45, 2.75) is 33.6 Å². The van der Waals surface area contributed by atoms with Crippen molar-refractivity contribution < 1.29 is 14.5 Å². The number of non-ortho nitro benzene ring substituents is 1. The van der Waals surface area contributed by atoms with Crippen LogP contribution in [0.3, 0.4) is 0 Å². The van der Waals surface area contributed by atoms with Gasteiger partial charge < -0.3 is 4.74 Å². The number of nitrogens with zero attached hydrogens (tertiary/aromatic N) is 3. The third-order valence-corrected chi connectivity index (χ3v) is 5.32. The number of nitrogens with one attached hydrogen (secondary N) is 1. The number of hydrogen-bond acceptors (Lipinski definition) is 5. The third-order valence-electron chi connectivity index (χ3n) is 5.01. The molecule has 0 radical (unpaired) electrons. The monoisotopic (exact) mass is 442 g/mol. The molecule has 1 amide bonds. The summed E-state index contributed by atoms with van der Waals surface area (Å²) in [5, 5.41) is 11.2. The fraction of sp³-hybridized carbons (Fsp3) is 0.273. The zero-order chi connectivity index (χ0) is 22.9. The van der Waals surface area contributed by atoms with E-state index < -0.39 is 4.92 Å². The average Bonchev–Trinajstić information content (AvgIpc) is 3.03. The van der Waals surface area contributed by atoms with Gasteiger partial charge in [0.2, 0.25) is 0 Å². The first-order valence-electron chi connectivity index (χ1n) is 9.64. The Morgan fingerprint density at radius 3 is 2.55 bits per heavy atom. The van der Waals surface area contributed by atoms with E-state index in [1.165, 1.54) is 18.2 Å². The smallest absolute Gasteiger partial charge is 0.270 e. The van der Waals surface area contributed by atoms with E-state index in [1.54, 1.807) is 30.0 Å². The summed E-state index contributed by atoms with van der Waals surface area (Å²) in [7, 11) is 1.55. The maximum atomic E-state index is 13.2. The number of methoxy groups -OCH3 is 1. The fourth-order valence-corrected chi connectivity index (χ4v) is 3.81. The van der Waals surface area contributed by atoms with Crippen molar-refractivity contribution in [1.82, 2.24) is 9.66 Å². The van der Waals surface area contributed by atoms with Gasteiger partial charge in [-0.25, -0.2) is 9.66 Å². The van der Waals surface area contributed by atoms with E-state index in [4.69, 9.17) is 16.3 Å². The molecule has 3 rings (SSSR count). The topological polar surface area (TPSA) is 99.3 Å². The Kier molecular flexibility index (Phi) is 6.31. The number of imidazole rings is 1. The first-order valence-corrected chi connectivity index (χ1v) is 10.0. The first-order chi connectivity index (χ1) is 14.6. The van der Waals surface area contributed by atoms with Crippen LogP contribution in [-0.2, 0) is 0 Å². The third kappa shape index (κ3) is 4.25. The summed E-state index contributed by atoms with van der Waals surface area (Å²) in [4.78, 5) is 28.3. The molecule has 2 aromatic carbocycles. The van der Waals surface area contributed by atoms with Crippen LogP contribution in [-0.4, -0.2) is 27.6 Å². The Labute approximate surface area is 184 Å². The predicted octanol–water partition coefficient (Wildman–Crippen LogP) is 5.24. The number of halogens is 1. The van der Waals surface area contributed by atoms with Crippen molar-refractivity contribution in [3.8, 4) is 17.1 Å². The van der Waals surface area contributed by atoms with Crippen LogP contribution in [0.2, 0.25) is 5.02 Å². The van der Waals surface area contributed by atoms with Crippen LogP contribution in [0.5, 0.6) is 5.75 Å². The van der Waals surface area contributed by atoms with Crippen molar-refractivity contribution in [2.24, 2.45) is 0 Å². The van der Waals surface area contributed by atoms with Crippen LogP contribution in [0.25, 0.3) is 11.4 Å². The lowest BCUT2D eigenvalue weighted by Gasteiger charge is -2.17. The minimum atomic E-state index is -0.514. The Morgan fingerprint density at radius 2 is 1.97 bits per heavy atom. The Balaban J connectivity index is 2.12. The standard InChI is InChI=1S/C22H23ClN4O4/c1-12(2)20-14(4)24-21(17-10-9-15(27(29)30)11-18(17)23)26(20)25-22(28)16-7-6-8-19(31-5)13(16)3/h6-12H,1-5H3,(H,25,28). The lowest BCUT2D eigenvalue weighted by molar-refractivity contribution is -0.384. The maximum absolute atomic E-state index is 13.2. The van der Waals surface area contributed by atoms with Gasteiger partial charge in [0.15, 0.2) is 5.82 Å². The zero-order valence-corrected chi connectivity index (χ0v) is 18.6. The molecule has 0 spiro atoms. The van der Waals surface area contributed by atoms with Gasteiger partial charge in [-0.3, -0.25) is 20.3 Å². The van der Waals surface area contributed by atoms with Gasteiger partial charge in [0.25, 0.3) is 11.6 Å². The van der Waals surface area contributed by atoms with Crippen molar-refractivity contribution in [3.05, 3.63) is 74.0 Å². The molecule has 9 heteroatoms. The SMILES string of the molecule is COc1cccc(C(=O)Nn2c(-c3ccc([N+](=O)[O-])cc3Cl)nc(C)c2C(C)C)c1C. The largest absolute Gasteiger partial charge is 0.496 e. The lowest BCUT2D eigenvalue weighted by atomic mass is 10.1. The Bertz CT molecular complexity index is 1170. The molecule has 0 fully saturated rings. The molecule has 1 aromatic heterocycles. The first kappa shape index (κ1) is 22.3.